The molecule has 32 heavy (non-hydrogen) atoms. The Morgan fingerprint density at radius 3 is 2.38 bits per heavy atom. The minimum Gasteiger partial charge on any atom is -0.343 e. The number of aromatic nitrogens is 5. The Hall–Kier alpha value is -3.56. The van der Waals surface area contributed by atoms with Crippen LogP contribution in [0.4, 0.5) is 0 Å². The van der Waals surface area contributed by atoms with Crippen LogP contribution in [-0.4, -0.2) is 48.4 Å². The van der Waals surface area contributed by atoms with E-state index in [0.717, 1.165) is 27.7 Å². The van der Waals surface area contributed by atoms with Crippen LogP contribution in [0.5, 0.6) is 0 Å². The molecule has 0 fully saturated rings. The maximum absolute atomic E-state index is 12.6. The fourth-order valence-electron chi connectivity index (χ4n) is 3.29. The third kappa shape index (κ3) is 5.01. The summed E-state index contributed by atoms with van der Waals surface area (Å²) in [7, 11) is 1.37. The average molecular weight is 441 g/mol. The van der Waals surface area contributed by atoms with Gasteiger partial charge in [-0.1, -0.05) is 36.7 Å². The Balaban J connectivity index is 1.85. The van der Waals surface area contributed by atoms with Crippen molar-refractivity contribution >= 4 is 5.91 Å². The Bertz CT molecular complexity index is 1190. The van der Waals surface area contributed by atoms with Crippen molar-refractivity contribution in [3.8, 4) is 17.2 Å². The predicted molar refractivity (Wildman–Crippen MR) is 119 cm³/mol. The molecule has 0 spiro atoms. The molecule has 0 aliphatic rings. The van der Waals surface area contributed by atoms with Crippen LogP contribution in [0.3, 0.4) is 0 Å². The lowest BCUT2D eigenvalue weighted by atomic mass is 10.2. The summed E-state index contributed by atoms with van der Waals surface area (Å²) in [4.78, 5) is 43.7. The van der Waals surface area contributed by atoms with Gasteiger partial charge in [-0.2, -0.15) is 14.8 Å². The van der Waals surface area contributed by atoms with E-state index in [-0.39, 0.29) is 36.2 Å². The first-order chi connectivity index (χ1) is 15.3. The van der Waals surface area contributed by atoms with Gasteiger partial charge in [0, 0.05) is 33.0 Å². The number of carbonyl (C=O) groups is 1. The minimum absolute atomic E-state index is 0.0205. The highest BCUT2D eigenvalue weighted by molar-refractivity contribution is 5.76. The van der Waals surface area contributed by atoms with Crippen molar-refractivity contribution in [2.45, 2.75) is 46.5 Å². The van der Waals surface area contributed by atoms with Gasteiger partial charge < -0.3 is 9.42 Å². The molecular formula is C22H28N6O4. The Morgan fingerprint density at radius 1 is 1.09 bits per heavy atom. The first kappa shape index (κ1) is 23.1. The number of amides is 1. The largest absolute Gasteiger partial charge is 0.351 e. The van der Waals surface area contributed by atoms with Gasteiger partial charge in [0.2, 0.25) is 17.6 Å². The van der Waals surface area contributed by atoms with Crippen LogP contribution in [0.1, 0.15) is 44.6 Å². The number of carbonyl (C=O) groups excluding carboxylic acids is 1. The van der Waals surface area contributed by atoms with Crippen molar-refractivity contribution in [2.24, 2.45) is 7.05 Å². The lowest BCUT2D eigenvalue weighted by Gasteiger charge is -2.20. The highest BCUT2D eigenvalue weighted by atomic mass is 16.5. The standard InChI is InChI=1S/C22H28N6O4/c1-5-13-27(14-6-2)18(29)12-11-17-23-20(25-32-17)19-21(30)26(4)22(31)28(24-19)16-9-7-15(3)8-10-16/h7-10H,5-6,11-14H2,1-4H3. The zero-order valence-corrected chi connectivity index (χ0v) is 18.9. The smallest absolute Gasteiger partial charge is 0.343 e. The van der Waals surface area contributed by atoms with E-state index >= 15 is 0 Å². The molecule has 1 amide bonds. The molecule has 1 aromatic carbocycles. The van der Waals surface area contributed by atoms with Gasteiger partial charge in [0.25, 0.3) is 5.56 Å². The van der Waals surface area contributed by atoms with E-state index in [9.17, 15) is 14.4 Å². The second-order valence-corrected chi connectivity index (χ2v) is 7.64. The monoisotopic (exact) mass is 440 g/mol. The Labute approximate surface area is 185 Å². The topological polar surface area (TPSA) is 116 Å². The van der Waals surface area contributed by atoms with Crippen LogP contribution >= 0.6 is 0 Å². The van der Waals surface area contributed by atoms with Crippen LogP contribution in [0, 0.1) is 6.92 Å². The number of hydrogen-bond acceptors (Lipinski definition) is 7. The van der Waals surface area contributed by atoms with Gasteiger partial charge >= 0.3 is 5.69 Å². The summed E-state index contributed by atoms with van der Waals surface area (Å²) < 4.78 is 7.33. The lowest BCUT2D eigenvalue weighted by Crippen LogP contribution is -2.40. The molecule has 0 aliphatic heterocycles. The van der Waals surface area contributed by atoms with Crippen molar-refractivity contribution in [3.05, 3.63) is 56.6 Å². The fourth-order valence-corrected chi connectivity index (χ4v) is 3.29. The molecule has 0 atom stereocenters. The van der Waals surface area contributed by atoms with E-state index in [2.05, 4.69) is 15.2 Å². The van der Waals surface area contributed by atoms with Crippen LogP contribution in [-0.2, 0) is 18.3 Å². The van der Waals surface area contributed by atoms with E-state index in [4.69, 9.17) is 4.52 Å². The van der Waals surface area contributed by atoms with Crippen molar-refractivity contribution < 1.29 is 9.32 Å². The summed E-state index contributed by atoms with van der Waals surface area (Å²) >= 11 is 0. The number of aryl methyl sites for hydroxylation is 2. The van der Waals surface area contributed by atoms with E-state index in [0.29, 0.717) is 18.8 Å². The molecule has 0 saturated carbocycles. The first-order valence-electron chi connectivity index (χ1n) is 10.7. The summed E-state index contributed by atoms with van der Waals surface area (Å²) in [5.74, 6) is 0.238. The molecule has 3 rings (SSSR count). The molecule has 10 heteroatoms. The summed E-state index contributed by atoms with van der Waals surface area (Å²) in [6, 6.07) is 7.17. The number of hydrogen-bond donors (Lipinski definition) is 0. The highest BCUT2D eigenvalue weighted by Crippen LogP contribution is 2.12. The number of nitrogens with zero attached hydrogens (tertiary/aromatic N) is 6. The molecule has 0 radical (unpaired) electrons. The van der Waals surface area contributed by atoms with Crippen molar-refractivity contribution in [2.75, 3.05) is 13.1 Å². The van der Waals surface area contributed by atoms with Gasteiger partial charge in [0.1, 0.15) is 0 Å². The number of benzene rings is 1. The maximum atomic E-state index is 12.6. The van der Waals surface area contributed by atoms with Gasteiger partial charge in [-0.15, -0.1) is 0 Å². The first-order valence-corrected chi connectivity index (χ1v) is 10.7. The van der Waals surface area contributed by atoms with E-state index in [1.807, 2.05) is 37.8 Å². The zero-order chi connectivity index (χ0) is 23.3. The Morgan fingerprint density at radius 2 is 1.75 bits per heavy atom. The van der Waals surface area contributed by atoms with Crippen molar-refractivity contribution in [1.29, 1.82) is 0 Å². The molecule has 3 aromatic rings. The van der Waals surface area contributed by atoms with E-state index in [1.165, 1.54) is 7.05 Å². The van der Waals surface area contributed by atoms with Gasteiger partial charge in [-0.05, 0) is 31.9 Å². The fraction of sp³-hybridized carbons (Fsp3) is 0.455. The average Bonchev–Trinajstić information content (AvgIpc) is 3.25. The van der Waals surface area contributed by atoms with Gasteiger partial charge in [-0.3, -0.25) is 14.2 Å². The second-order valence-electron chi connectivity index (χ2n) is 7.64. The van der Waals surface area contributed by atoms with E-state index in [1.54, 1.807) is 12.1 Å². The molecule has 0 unspecified atom stereocenters. The normalized spacial score (nSPS) is 11.0. The van der Waals surface area contributed by atoms with Crippen molar-refractivity contribution in [3.63, 3.8) is 0 Å². The number of rotatable bonds is 9. The third-order valence-electron chi connectivity index (χ3n) is 5.03. The molecule has 2 heterocycles. The highest BCUT2D eigenvalue weighted by Gasteiger charge is 2.20. The summed E-state index contributed by atoms with van der Waals surface area (Å²) in [5.41, 5.74) is 0.231. The summed E-state index contributed by atoms with van der Waals surface area (Å²) in [6.45, 7) is 7.42. The molecule has 0 bridgehead atoms. The van der Waals surface area contributed by atoms with Crippen LogP contribution < -0.4 is 11.2 Å². The summed E-state index contributed by atoms with van der Waals surface area (Å²) in [6.07, 6.45) is 2.27. The molecule has 2 aromatic heterocycles. The SMILES string of the molecule is CCCN(CCC)C(=O)CCc1nc(-c2nn(-c3ccc(C)cc3)c(=O)n(C)c2=O)no1. The lowest BCUT2D eigenvalue weighted by molar-refractivity contribution is -0.131. The minimum atomic E-state index is -0.626. The van der Waals surface area contributed by atoms with Crippen LogP contribution in [0.2, 0.25) is 0 Å². The quantitative estimate of drug-likeness (QED) is 0.499. The van der Waals surface area contributed by atoms with Crippen LogP contribution in [0.25, 0.3) is 17.2 Å². The maximum Gasteiger partial charge on any atom is 0.351 e. The van der Waals surface area contributed by atoms with Crippen LogP contribution in [0.15, 0.2) is 38.4 Å². The van der Waals surface area contributed by atoms with Gasteiger partial charge in [0.15, 0.2) is 5.69 Å². The second kappa shape index (κ2) is 10.2. The van der Waals surface area contributed by atoms with Crippen molar-refractivity contribution in [1.82, 2.24) is 29.4 Å². The van der Waals surface area contributed by atoms with Gasteiger partial charge in [-0.25, -0.2) is 4.79 Å². The van der Waals surface area contributed by atoms with Gasteiger partial charge in [0.05, 0.1) is 5.69 Å². The third-order valence-corrected chi connectivity index (χ3v) is 5.03. The zero-order valence-electron chi connectivity index (χ0n) is 18.9. The molecule has 10 nitrogen and oxygen atoms in total. The predicted octanol–water partition coefficient (Wildman–Crippen LogP) is 1.87. The molecule has 0 aliphatic carbocycles. The van der Waals surface area contributed by atoms with E-state index < -0.39 is 11.2 Å². The molecular weight excluding hydrogens is 412 g/mol. The molecule has 0 saturated heterocycles. The molecule has 170 valence electrons. The molecule has 0 N–H and O–H groups in total. The Kier molecular flexibility index (Phi) is 7.34. The summed E-state index contributed by atoms with van der Waals surface area (Å²) in [5, 5.41) is 8.06.